The Morgan fingerprint density at radius 3 is 2.31 bits per heavy atom. The Labute approximate surface area is 109 Å². The zero-order valence-electron chi connectivity index (χ0n) is 8.71. The number of nitrogens with two attached hydrogens (primary N) is 1. The molecule has 0 fully saturated rings. The summed E-state index contributed by atoms with van der Waals surface area (Å²) in [5.74, 6) is 0. The Balaban J connectivity index is 2.49. The largest absolute Gasteiger partial charge is 0.320 e. The van der Waals surface area contributed by atoms with Crippen molar-refractivity contribution in [1.29, 1.82) is 0 Å². The molecule has 0 spiro atoms. The number of aryl methyl sites for hydroxylation is 1. The highest BCUT2D eigenvalue weighted by Crippen LogP contribution is 2.35. The van der Waals surface area contributed by atoms with Gasteiger partial charge in [0.2, 0.25) is 0 Å². The highest BCUT2D eigenvalue weighted by atomic mass is 35.5. The standard InChI is InChI=1S/C12H11Cl2NS/c1-7-5-6-16-12(7)11(15)10-8(13)3-2-4-9(10)14/h2-6,11H,15H2,1H3. The van der Waals surface area contributed by atoms with E-state index in [9.17, 15) is 0 Å². The fourth-order valence-electron chi connectivity index (χ4n) is 1.64. The van der Waals surface area contributed by atoms with Gasteiger partial charge in [-0.25, -0.2) is 0 Å². The van der Waals surface area contributed by atoms with Crippen molar-refractivity contribution in [2.75, 3.05) is 0 Å². The molecule has 2 aromatic rings. The first-order valence-electron chi connectivity index (χ1n) is 4.84. The van der Waals surface area contributed by atoms with Gasteiger partial charge in [0, 0.05) is 20.5 Å². The maximum absolute atomic E-state index is 6.20. The highest BCUT2D eigenvalue weighted by molar-refractivity contribution is 7.10. The predicted molar refractivity (Wildman–Crippen MR) is 71.5 cm³/mol. The minimum atomic E-state index is -0.249. The van der Waals surface area contributed by atoms with Gasteiger partial charge in [-0.3, -0.25) is 0 Å². The van der Waals surface area contributed by atoms with E-state index in [2.05, 4.69) is 0 Å². The molecule has 0 saturated heterocycles. The Hall–Kier alpha value is -0.540. The lowest BCUT2D eigenvalue weighted by Crippen LogP contribution is -2.12. The van der Waals surface area contributed by atoms with E-state index in [-0.39, 0.29) is 6.04 Å². The maximum atomic E-state index is 6.20. The first-order valence-corrected chi connectivity index (χ1v) is 6.48. The Kier molecular flexibility index (Phi) is 3.55. The molecule has 1 heterocycles. The lowest BCUT2D eigenvalue weighted by molar-refractivity contribution is 0.886. The van der Waals surface area contributed by atoms with Crippen LogP contribution < -0.4 is 5.73 Å². The number of hydrogen-bond donors (Lipinski definition) is 1. The van der Waals surface area contributed by atoms with Crippen LogP contribution in [0.15, 0.2) is 29.6 Å². The lowest BCUT2D eigenvalue weighted by atomic mass is 10.0. The van der Waals surface area contributed by atoms with Gasteiger partial charge in [0.15, 0.2) is 0 Å². The number of thiophene rings is 1. The maximum Gasteiger partial charge on any atom is 0.0678 e. The molecule has 1 aromatic heterocycles. The molecule has 4 heteroatoms. The normalized spacial score (nSPS) is 12.8. The topological polar surface area (TPSA) is 26.0 Å². The van der Waals surface area contributed by atoms with Crippen LogP contribution in [0.1, 0.15) is 22.0 Å². The van der Waals surface area contributed by atoms with Crippen molar-refractivity contribution in [3.8, 4) is 0 Å². The molecule has 1 aromatic carbocycles. The van der Waals surface area contributed by atoms with Gasteiger partial charge < -0.3 is 5.73 Å². The van der Waals surface area contributed by atoms with E-state index in [4.69, 9.17) is 28.9 Å². The molecule has 84 valence electrons. The Morgan fingerprint density at radius 2 is 1.81 bits per heavy atom. The highest BCUT2D eigenvalue weighted by Gasteiger charge is 2.18. The monoisotopic (exact) mass is 271 g/mol. The minimum absolute atomic E-state index is 0.249. The average Bonchev–Trinajstić information content (AvgIpc) is 2.64. The van der Waals surface area contributed by atoms with Gasteiger partial charge in [-0.05, 0) is 36.1 Å². The number of hydrogen-bond acceptors (Lipinski definition) is 2. The van der Waals surface area contributed by atoms with Crippen molar-refractivity contribution in [2.45, 2.75) is 13.0 Å². The van der Waals surface area contributed by atoms with Gasteiger partial charge in [0.25, 0.3) is 0 Å². The molecule has 0 aliphatic carbocycles. The molecule has 2 N–H and O–H groups in total. The second-order valence-corrected chi connectivity index (χ2v) is 5.34. The van der Waals surface area contributed by atoms with Crippen LogP contribution in [0.2, 0.25) is 10.0 Å². The number of benzene rings is 1. The summed E-state index contributed by atoms with van der Waals surface area (Å²) in [5.41, 5.74) is 8.18. The van der Waals surface area contributed by atoms with Crippen LogP contribution in [-0.4, -0.2) is 0 Å². The molecular formula is C12H11Cl2NS. The van der Waals surface area contributed by atoms with Crippen molar-refractivity contribution in [1.82, 2.24) is 0 Å². The van der Waals surface area contributed by atoms with Gasteiger partial charge >= 0.3 is 0 Å². The van der Waals surface area contributed by atoms with Gasteiger partial charge in [-0.1, -0.05) is 29.3 Å². The fraction of sp³-hybridized carbons (Fsp3) is 0.167. The molecule has 0 aliphatic heterocycles. The van der Waals surface area contributed by atoms with Crippen LogP contribution in [0.5, 0.6) is 0 Å². The van der Waals surface area contributed by atoms with E-state index in [1.54, 1.807) is 11.3 Å². The third-order valence-corrected chi connectivity index (χ3v) is 4.26. The fourth-order valence-corrected chi connectivity index (χ4v) is 3.21. The lowest BCUT2D eigenvalue weighted by Gasteiger charge is -2.15. The Morgan fingerprint density at radius 1 is 1.19 bits per heavy atom. The third-order valence-electron chi connectivity index (χ3n) is 2.49. The van der Waals surface area contributed by atoms with E-state index in [0.717, 1.165) is 10.4 Å². The SMILES string of the molecule is Cc1ccsc1C(N)c1c(Cl)cccc1Cl. The summed E-state index contributed by atoms with van der Waals surface area (Å²) in [4.78, 5) is 1.11. The quantitative estimate of drug-likeness (QED) is 0.860. The summed E-state index contributed by atoms with van der Waals surface area (Å²) in [6.45, 7) is 2.04. The first-order chi connectivity index (χ1) is 7.61. The molecular weight excluding hydrogens is 261 g/mol. The molecule has 2 rings (SSSR count). The molecule has 1 atom stereocenters. The van der Waals surface area contributed by atoms with E-state index in [1.807, 2.05) is 36.6 Å². The summed E-state index contributed by atoms with van der Waals surface area (Å²) < 4.78 is 0. The molecule has 1 unspecified atom stereocenters. The van der Waals surface area contributed by atoms with Crippen molar-refractivity contribution >= 4 is 34.5 Å². The van der Waals surface area contributed by atoms with Crippen molar-refractivity contribution < 1.29 is 0 Å². The van der Waals surface area contributed by atoms with Gasteiger partial charge in [-0.15, -0.1) is 11.3 Å². The molecule has 0 bridgehead atoms. The number of halogens is 2. The van der Waals surface area contributed by atoms with E-state index in [1.165, 1.54) is 5.56 Å². The Bertz CT molecular complexity index is 487. The van der Waals surface area contributed by atoms with Crippen molar-refractivity contribution in [3.05, 3.63) is 55.7 Å². The molecule has 0 amide bonds. The van der Waals surface area contributed by atoms with Crippen LogP contribution in [0.25, 0.3) is 0 Å². The van der Waals surface area contributed by atoms with Crippen molar-refractivity contribution in [3.63, 3.8) is 0 Å². The second kappa shape index (κ2) is 4.76. The molecule has 0 aliphatic rings. The van der Waals surface area contributed by atoms with E-state index in [0.29, 0.717) is 10.0 Å². The van der Waals surface area contributed by atoms with E-state index < -0.39 is 0 Å². The smallest absolute Gasteiger partial charge is 0.0678 e. The first kappa shape index (κ1) is 11.9. The number of rotatable bonds is 2. The van der Waals surface area contributed by atoms with Gasteiger partial charge in [0.05, 0.1) is 6.04 Å². The van der Waals surface area contributed by atoms with Crippen LogP contribution >= 0.6 is 34.5 Å². The third kappa shape index (κ3) is 2.11. The summed E-state index contributed by atoms with van der Waals surface area (Å²) in [6.07, 6.45) is 0. The van der Waals surface area contributed by atoms with E-state index >= 15 is 0 Å². The molecule has 1 nitrogen and oxygen atoms in total. The second-order valence-electron chi connectivity index (χ2n) is 3.58. The van der Waals surface area contributed by atoms with Crippen LogP contribution in [0.3, 0.4) is 0 Å². The van der Waals surface area contributed by atoms with Crippen LogP contribution in [0.4, 0.5) is 0 Å². The minimum Gasteiger partial charge on any atom is -0.320 e. The summed E-state index contributed by atoms with van der Waals surface area (Å²) in [7, 11) is 0. The van der Waals surface area contributed by atoms with Crippen LogP contribution in [-0.2, 0) is 0 Å². The molecule has 16 heavy (non-hydrogen) atoms. The predicted octanol–water partition coefficient (Wildman–Crippen LogP) is 4.41. The molecule has 0 radical (unpaired) electrons. The zero-order chi connectivity index (χ0) is 11.7. The van der Waals surface area contributed by atoms with Crippen molar-refractivity contribution in [2.24, 2.45) is 5.73 Å². The average molecular weight is 272 g/mol. The summed E-state index contributed by atoms with van der Waals surface area (Å²) in [5, 5.41) is 3.26. The summed E-state index contributed by atoms with van der Waals surface area (Å²) in [6, 6.07) is 7.24. The van der Waals surface area contributed by atoms with Gasteiger partial charge in [-0.2, -0.15) is 0 Å². The van der Waals surface area contributed by atoms with Gasteiger partial charge in [0.1, 0.15) is 0 Å². The zero-order valence-corrected chi connectivity index (χ0v) is 11.0. The molecule has 0 saturated carbocycles. The van der Waals surface area contributed by atoms with Crippen LogP contribution in [0, 0.1) is 6.92 Å². The summed E-state index contributed by atoms with van der Waals surface area (Å²) >= 11 is 13.9.